The van der Waals surface area contributed by atoms with Crippen molar-refractivity contribution in [3.05, 3.63) is 42.0 Å². The quantitative estimate of drug-likeness (QED) is 0.656. The highest BCUT2D eigenvalue weighted by Gasteiger charge is 2.27. The number of hydrogen-bond donors (Lipinski definition) is 3. The lowest BCUT2D eigenvalue weighted by Gasteiger charge is -2.31. The molecule has 136 valence electrons. The number of benzene rings is 1. The van der Waals surface area contributed by atoms with Gasteiger partial charge in [-0.15, -0.1) is 0 Å². The van der Waals surface area contributed by atoms with E-state index in [2.05, 4.69) is 44.2 Å². The first-order valence-corrected chi connectivity index (χ1v) is 9.15. The minimum Gasteiger partial charge on any atom is -0.355 e. The van der Waals surface area contributed by atoms with Gasteiger partial charge in [-0.1, -0.05) is 6.07 Å². The maximum atomic E-state index is 12.5. The van der Waals surface area contributed by atoms with Crippen LogP contribution in [-0.2, 0) is 11.2 Å². The Hall–Kier alpha value is -2.83. The van der Waals surface area contributed by atoms with Crippen LogP contribution in [0.3, 0.4) is 0 Å². The third kappa shape index (κ3) is 3.56. The van der Waals surface area contributed by atoms with Crippen LogP contribution in [0.25, 0.3) is 11.0 Å². The Morgan fingerprint density at radius 2 is 2.35 bits per heavy atom. The first-order chi connectivity index (χ1) is 12.7. The van der Waals surface area contributed by atoms with Crippen molar-refractivity contribution in [3.8, 4) is 0 Å². The molecule has 2 aromatic heterocycles. The summed E-state index contributed by atoms with van der Waals surface area (Å²) >= 11 is 0. The van der Waals surface area contributed by atoms with E-state index in [1.807, 2.05) is 6.07 Å². The number of nitrogens with zero attached hydrogens (tertiary/aromatic N) is 3. The molecule has 1 aromatic carbocycles. The van der Waals surface area contributed by atoms with Gasteiger partial charge in [0.05, 0.1) is 23.3 Å². The molecule has 1 aliphatic heterocycles. The summed E-state index contributed by atoms with van der Waals surface area (Å²) in [5.74, 6) is 0.988. The van der Waals surface area contributed by atoms with Crippen LogP contribution >= 0.6 is 0 Å². The molecule has 7 nitrogen and oxygen atoms in total. The van der Waals surface area contributed by atoms with E-state index in [4.69, 9.17) is 4.98 Å². The van der Waals surface area contributed by atoms with Crippen LogP contribution in [0.5, 0.6) is 0 Å². The molecule has 1 amide bonds. The van der Waals surface area contributed by atoms with Crippen LogP contribution in [0.4, 0.5) is 5.95 Å². The number of aromatic amines is 2. The molecular formula is C19H24N6O. The fraction of sp³-hybridized carbons (Fsp3) is 0.421. The van der Waals surface area contributed by atoms with Crippen molar-refractivity contribution >= 4 is 22.9 Å². The van der Waals surface area contributed by atoms with Crippen molar-refractivity contribution in [1.82, 2.24) is 25.3 Å². The number of rotatable bonds is 5. The topological polar surface area (TPSA) is 89.7 Å². The first kappa shape index (κ1) is 16.6. The molecule has 0 saturated carbocycles. The molecule has 26 heavy (non-hydrogen) atoms. The summed E-state index contributed by atoms with van der Waals surface area (Å²) in [6, 6.07) is 6.21. The Morgan fingerprint density at radius 3 is 3.19 bits per heavy atom. The maximum absolute atomic E-state index is 12.5. The van der Waals surface area contributed by atoms with Gasteiger partial charge in [0.25, 0.3) is 0 Å². The van der Waals surface area contributed by atoms with E-state index in [1.54, 1.807) is 12.5 Å². The summed E-state index contributed by atoms with van der Waals surface area (Å²) in [4.78, 5) is 29.9. The number of aromatic nitrogens is 4. The summed E-state index contributed by atoms with van der Waals surface area (Å²) in [6.45, 7) is 4.33. The molecule has 0 bridgehead atoms. The van der Waals surface area contributed by atoms with E-state index in [-0.39, 0.29) is 11.8 Å². The molecule has 1 saturated heterocycles. The molecular weight excluding hydrogens is 328 g/mol. The Morgan fingerprint density at radius 1 is 1.42 bits per heavy atom. The van der Waals surface area contributed by atoms with E-state index in [9.17, 15) is 4.79 Å². The number of piperidine rings is 1. The van der Waals surface area contributed by atoms with Crippen molar-refractivity contribution < 1.29 is 4.79 Å². The van der Waals surface area contributed by atoms with Gasteiger partial charge in [0.1, 0.15) is 0 Å². The number of imidazole rings is 2. The van der Waals surface area contributed by atoms with Crippen LogP contribution in [0.2, 0.25) is 0 Å². The standard InChI is InChI=1S/C19H24N6O/c1-13-4-5-16-17(9-13)24-19(23-16)25-8-2-3-14(11-25)18(26)21-7-6-15-10-20-12-22-15/h4-5,9-10,12,14H,2-3,6-8,11H2,1H3,(H,20,22)(H,21,26)(H,23,24). The highest BCUT2D eigenvalue weighted by Crippen LogP contribution is 2.24. The predicted molar refractivity (Wildman–Crippen MR) is 101 cm³/mol. The SMILES string of the molecule is Cc1ccc2nc(N3CCCC(C(=O)NCCc4cnc[nH]4)C3)[nH]c2c1. The molecule has 0 spiro atoms. The van der Waals surface area contributed by atoms with Crippen molar-refractivity contribution in [1.29, 1.82) is 0 Å². The Labute approximate surface area is 152 Å². The second-order valence-corrected chi connectivity index (χ2v) is 6.98. The monoisotopic (exact) mass is 352 g/mol. The van der Waals surface area contributed by atoms with Crippen LogP contribution in [-0.4, -0.2) is 45.5 Å². The van der Waals surface area contributed by atoms with Gasteiger partial charge < -0.3 is 20.2 Å². The fourth-order valence-electron chi connectivity index (χ4n) is 3.53. The minimum atomic E-state index is 0.000431. The predicted octanol–water partition coefficient (Wildman–Crippen LogP) is 2.17. The third-order valence-electron chi connectivity index (χ3n) is 4.97. The molecule has 1 aliphatic rings. The number of fused-ring (bicyclic) bond motifs is 1. The summed E-state index contributed by atoms with van der Waals surface area (Å²) in [6.07, 6.45) is 6.13. The van der Waals surface area contributed by atoms with Crippen molar-refractivity contribution in [2.45, 2.75) is 26.2 Å². The van der Waals surface area contributed by atoms with E-state index in [0.29, 0.717) is 13.1 Å². The highest BCUT2D eigenvalue weighted by molar-refractivity contribution is 5.80. The molecule has 3 aromatic rings. The molecule has 4 rings (SSSR count). The Balaban J connectivity index is 1.37. The third-order valence-corrected chi connectivity index (χ3v) is 4.97. The number of amides is 1. The van der Waals surface area contributed by atoms with Gasteiger partial charge in [0.2, 0.25) is 11.9 Å². The number of nitrogens with one attached hydrogen (secondary N) is 3. The zero-order valence-electron chi connectivity index (χ0n) is 15.0. The summed E-state index contributed by atoms with van der Waals surface area (Å²) in [5.41, 5.74) is 4.26. The van der Waals surface area contributed by atoms with Gasteiger partial charge >= 0.3 is 0 Å². The normalized spacial score (nSPS) is 17.6. The molecule has 3 heterocycles. The molecule has 0 radical (unpaired) electrons. The molecule has 3 N–H and O–H groups in total. The van der Waals surface area contributed by atoms with Crippen LogP contribution in [0.15, 0.2) is 30.7 Å². The molecule has 7 heteroatoms. The fourth-order valence-corrected chi connectivity index (χ4v) is 3.53. The number of hydrogen-bond acceptors (Lipinski definition) is 4. The van der Waals surface area contributed by atoms with Gasteiger partial charge in [-0.3, -0.25) is 4.79 Å². The van der Waals surface area contributed by atoms with Gasteiger partial charge in [0.15, 0.2) is 0 Å². The zero-order valence-corrected chi connectivity index (χ0v) is 15.0. The lowest BCUT2D eigenvalue weighted by Crippen LogP contribution is -2.43. The van der Waals surface area contributed by atoms with Crippen LogP contribution < -0.4 is 10.2 Å². The van der Waals surface area contributed by atoms with E-state index < -0.39 is 0 Å². The number of carbonyl (C=O) groups excluding carboxylic acids is 1. The zero-order chi connectivity index (χ0) is 17.9. The Kier molecular flexibility index (Phi) is 4.60. The number of H-pyrrole nitrogens is 2. The van der Waals surface area contributed by atoms with E-state index >= 15 is 0 Å². The second kappa shape index (κ2) is 7.19. The number of carbonyl (C=O) groups is 1. The average molecular weight is 352 g/mol. The van der Waals surface area contributed by atoms with E-state index in [0.717, 1.165) is 48.5 Å². The van der Waals surface area contributed by atoms with Gasteiger partial charge in [-0.05, 0) is 37.5 Å². The number of anilines is 1. The highest BCUT2D eigenvalue weighted by atomic mass is 16.1. The van der Waals surface area contributed by atoms with Crippen LogP contribution in [0.1, 0.15) is 24.1 Å². The largest absolute Gasteiger partial charge is 0.355 e. The average Bonchev–Trinajstić information content (AvgIpc) is 3.31. The lowest BCUT2D eigenvalue weighted by molar-refractivity contribution is -0.125. The second-order valence-electron chi connectivity index (χ2n) is 6.98. The van der Waals surface area contributed by atoms with Crippen LogP contribution in [0, 0.1) is 12.8 Å². The summed E-state index contributed by atoms with van der Waals surface area (Å²) < 4.78 is 0. The molecule has 1 unspecified atom stereocenters. The van der Waals surface area contributed by atoms with Gasteiger partial charge in [-0.25, -0.2) is 9.97 Å². The molecule has 1 atom stereocenters. The minimum absolute atomic E-state index is 0.000431. The van der Waals surface area contributed by atoms with E-state index in [1.165, 1.54) is 5.56 Å². The maximum Gasteiger partial charge on any atom is 0.224 e. The Bertz CT molecular complexity index is 885. The summed E-state index contributed by atoms with van der Waals surface area (Å²) in [5, 5.41) is 3.05. The lowest BCUT2D eigenvalue weighted by atomic mass is 9.97. The smallest absolute Gasteiger partial charge is 0.224 e. The summed E-state index contributed by atoms with van der Waals surface area (Å²) in [7, 11) is 0. The van der Waals surface area contributed by atoms with Crippen molar-refractivity contribution in [3.63, 3.8) is 0 Å². The number of aryl methyl sites for hydroxylation is 1. The van der Waals surface area contributed by atoms with Gasteiger partial charge in [-0.2, -0.15) is 0 Å². The van der Waals surface area contributed by atoms with Crippen molar-refractivity contribution in [2.75, 3.05) is 24.5 Å². The molecule has 0 aliphatic carbocycles. The first-order valence-electron chi connectivity index (χ1n) is 9.15. The molecule has 1 fully saturated rings. The van der Waals surface area contributed by atoms with Crippen molar-refractivity contribution in [2.24, 2.45) is 5.92 Å². The van der Waals surface area contributed by atoms with Gasteiger partial charge in [0, 0.05) is 37.9 Å².